The number of anilines is 1. The molecule has 2 aromatic carbocycles. The highest BCUT2D eigenvalue weighted by Crippen LogP contribution is 2.65. The Labute approximate surface area is 197 Å². The lowest BCUT2D eigenvalue weighted by molar-refractivity contribution is -0.138. The SMILES string of the molecule is C=CC(C)(C)C12CC3c4nc5ccccc5c(=O)n4CC(=O)N3C1N(C(C)=O)c1ccccc12. The zero-order valence-electron chi connectivity index (χ0n) is 19.5. The van der Waals surface area contributed by atoms with Crippen molar-refractivity contribution in [2.45, 2.75) is 51.4 Å². The molecular weight excluding hydrogens is 428 g/mol. The first-order chi connectivity index (χ1) is 16.2. The van der Waals surface area contributed by atoms with Crippen molar-refractivity contribution < 1.29 is 9.59 Å². The number of fused-ring (bicyclic) bond motifs is 8. The number of carbonyl (C=O) groups excluding carboxylic acids is 2. The van der Waals surface area contributed by atoms with Crippen molar-refractivity contribution in [3.05, 3.63) is 82.9 Å². The van der Waals surface area contributed by atoms with Crippen LogP contribution in [0.5, 0.6) is 0 Å². The third-order valence-electron chi connectivity index (χ3n) is 8.21. The molecule has 4 heterocycles. The monoisotopic (exact) mass is 454 g/mol. The quantitative estimate of drug-likeness (QED) is 0.555. The molecule has 3 unspecified atom stereocenters. The van der Waals surface area contributed by atoms with Gasteiger partial charge in [-0.05, 0) is 35.6 Å². The predicted molar refractivity (Wildman–Crippen MR) is 129 cm³/mol. The number of rotatable bonds is 2. The van der Waals surface area contributed by atoms with Gasteiger partial charge in [-0.1, -0.05) is 50.3 Å². The van der Waals surface area contributed by atoms with Gasteiger partial charge in [-0.2, -0.15) is 0 Å². The van der Waals surface area contributed by atoms with Crippen LogP contribution in [0.25, 0.3) is 10.9 Å². The van der Waals surface area contributed by atoms with Gasteiger partial charge in [0.2, 0.25) is 11.8 Å². The second kappa shape index (κ2) is 6.65. The smallest absolute Gasteiger partial charge is 0.261 e. The van der Waals surface area contributed by atoms with E-state index in [0.717, 1.165) is 11.3 Å². The van der Waals surface area contributed by atoms with E-state index in [-0.39, 0.29) is 23.9 Å². The molecule has 0 saturated carbocycles. The lowest BCUT2D eigenvalue weighted by Gasteiger charge is -2.45. The standard InChI is InChI=1S/C27H26N4O3/c1-5-26(3,4)27-14-21-23-28-19-12-8-6-10-17(19)24(34)29(23)15-22(33)31(21)25(27)30(16(2)32)20-13-9-7-11-18(20)27/h5-13,21,25H,1,14-15H2,2-4H3. The van der Waals surface area contributed by atoms with Crippen LogP contribution in [0.1, 0.15) is 44.6 Å². The Bertz CT molecular complexity index is 1470. The van der Waals surface area contributed by atoms with Gasteiger partial charge >= 0.3 is 0 Å². The molecular formula is C27H26N4O3. The van der Waals surface area contributed by atoms with Crippen LogP contribution in [-0.2, 0) is 21.5 Å². The number of benzene rings is 2. The van der Waals surface area contributed by atoms with Gasteiger partial charge in [0, 0.05) is 18.0 Å². The molecule has 2 amide bonds. The lowest BCUT2D eigenvalue weighted by atomic mass is 9.60. The summed E-state index contributed by atoms with van der Waals surface area (Å²) in [5, 5.41) is 0.502. The number of carbonyl (C=O) groups is 2. The average Bonchev–Trinajstić information content (AvgIpc) is 3.32. The first kappa shape index (κ1) is 20.8. The van der Waals surface area contributed by atoms with E-state index >= 15 is 0 Å². The predicted octanol–water partition coefficient (Wildman–Crippen LogP) is 3.53. The van der Waals surface area contributed by atoms with Crippen molar-refractivity contribution in [1.82, 2.24) is 14.5 Å². The largest absolute Gasteiger partial charge is 0.309 e. The van der Waals surface area contributed by atoms with Gasteiger partial charge in [-0.25, -0.2) is 4.98 Å². The number of hydrogen-bond acceptors (Lipinski definition) is 4. The Kier molecular flexibility index (Phi) is 4.08. The molecule has 0 aliphatic carbocycles. The highest BCUT2D eigenvalue weighted by atomic mass is 16.2. The van der Waals surface area contributed by atoms with E-state index in [2.05, 4.69) is 26.5 Å². The van der Waals surface area contributed by atoms with Crippen LogP contribution in [0.3, 0.4) is 0 Å². The van der Waals surface area contributed by atoms with Crippen molar-refractivity contribution in [2.24, 2.45) is 5.41 Å². The number of aromatic nitrogens is 2. The van der Waals surface area contributed by atoms with E-state index in [4.69, 9.17) is 4.98 Å². The molecule has 172 valence electrons. The Hall–Kier alpha value is -3.74. The minimum absolute atomic E-state index is 0.0916. The Morgan fingerprint density at radius 1 is 1.15 bits per heavy atom. The summed E-state index contributed by atoms with van der Waals surface area (Å²) in [5.74, 6) is 0.280. The first-order valence-corrected chi connectivity index (χ1v) is 11.6. The molecule has 1 aromatic heterocycles. The normalized spacial score (nSPS) is 25.1. The third-order valence-corrected chi connectivity index (χ3v) is 8.21. The summed E-state index contributed by atoms with van der Waals surface area (Å²) in [6.45, 7) is 9.80. The summed E-state index contributed by atoms with van der Waals surface area (Å²) in [4.78, 5) is 48.6. The third kappa shape index (κ3) is 2.31. The van der Waals surface area contributed by atoms with Crippen LogP contribution in [-0.4, -0.2) is 32.4 Å². The zero-order chi connectivity index (χ0) is 24.0. The van der Waals surface area contributed by atoms with E-state index in [1.807, 2.05) is 41.3 Å². The van der Waals surface area contributed by atoms with Crippen LogP contribution in [0, 0.1) is 5.41 Å². The van der Waals surface area contributed by atoms with Gasteiger partial charge in [-0.15, -0.1) is 6.58 Å². The van der Waals surface area contributed by atoms with Gasteiger partial charge in [0.05, 0.1) is 16.9 Å². The van der Waals surface area contributed by atoms with Crippen LogP contribution in [0.15, 0.2) is 66.0 Å². The number of allylic oxidation sites excluding steroid dienone is 1. The van der Waals surface area contributed by atoms with E-state index < -0.39 is 23.0 Å². The molecule has 6 rings (SSSR count). The molecule has 34 heavy (non-hydrogen) atoms. The van der Waals surface area contributed by atoms with Crippen molar-refractivity contribution >= 4 is 28.4 Å². The minimum atomic E-state index is -0.601. The fourth-order valence-electron chi connectivity index (χ4n) is 6.51. The molecule has 1 fully saturated rings. The minimum Gasteiger partial charge on any atom is -0.309 e. The summed E-state index contributed by atoms with van der Waals surface area (Å²) in [5.41, 5.74) is 1.21. The van der Waals surface area contributed by atoms with Crippen molar-refractivity contribution in [2.75, 3.05) is 4.90 Å². The summed E-state index contributed by atoms with van der Waals surface area (Å²) >= 11 is 0. The van der Waals surface area contributed by atoms with Crippen molar-refractivity contribution in [1.29, 1.82) is 0 Å². The molecule has 1 saturated heterocycles. The summed E-state index contributed by atoms with van der Waals surface area (Å²) in [7, 11) is 0. The maximum absolute atomic E-state index is 13.7. The van der Waals surface area contributed by atoms with Gasteiger partial charge < -0.3 is 4.90 Å². The van der Waals surface area contributed by atoms with Crippen LogP contribution >= 0.6 is 0 Å². The Morgan fingerprint density at radius 3 is 2.59 bits per heavy atom. The second-order valence-corrected chi connectivity index (χ2v) is 10.1. The molecule has 3 aliphatic heterocycles. The van der Waals surface area contributed by atoms with E-state index in [9.17, 15) is 14.4 Å². The number of para-hydroxylation sites is 2. The Balaban J connectivity index is 1.67. The highest BCUT2D eigenvalue weighted by molar-refractivity contribution is 5.97. The zero-order valence-corrected chi connectivity index (χ0v) is 19.5. The topological polar surface area (TPSA) is 75.5 Å². The van der Waals surface area contributed by atoms with E-state index in [1.54, 1.807) is 24.0 Å². The number of nitrogens with zero attached hydrogens (tertiary/aromatic N) is 4. The molecule has 3 atom stereocenters. The molecule has 7 nitrogen and oxygen atoms in total. The van der Waals surface area contributed by atoms with Gasteiger partial charge in [0.25, 0.3) is 5.56 Å². The lowest BCUT2D eigenvalue weighted by Crippen LogP contribution is -2.59. The second-order valence-electron chi connectivity index (χ2n) is 10.1. The van der Waals surface area contributed by atoms with E-state index in [1.165, 1.54) is 4.57 Å². The molecule has 0 bridgehead atoms. The molecule has 7 heteroatoms. The molecule has 0 radical (unpaired) electrons. The first-order valence-electron chi connectivity index (χ1n) is 11.6. The van der Waals surface area contributed by atoms with Crippen molar-refractivity contribution in [3.8, 4) is 0 Å². The molecule has 0 N–H and O–H groups in total. The van der Waals surface area contributed by atoms with Crippen LogP contribution in [0.4, 0.5) is 5.69 Å². The number of amides is 2. The van der Waals surface area contributed by atoms with E-state index in [0.29, 0.717) is 23.1 Å². The fourth-order valence-corrected chi connectivity index (χ4v) is 6.51. The van der Waals surface area contributed by atoms with Gasteiger partial charge in [0.15, 0.2) is 0 Å². The molecule has 3 aliphatic rings. The van der Waals surface area contributed by atoms with Crippen LogP contribution in [0.2, 0.25) is 0 Å². The summed E-state index contributed by atoms with van der Waals surface area (Å²) in [6, 6.07) is 14.7. The maximum Gasteiger partial charge on any atom is 0.261 e. The summed E-state index contributed by atoms with van der Waals surface area (Å²) in [6.07, 6.45) is 1.93. The Morgan fingerprint density at radius 2 is 1.85 bits per heavy atom. The van der Waals surface area contributed by atoms with Crippen LogP contribution < -0.4 is 10.5 Å². The molecule has 0 spiro atoms. The van der Waals surface area contributed by atoms with Gasteiger partial charge in [0.1, 0.15) is 18.5 Å². The number of hydrogen-bond donors (Lipinski definition) is 0. The molecule has 3 aromatic rings. The fraction of sp³-hybridized carbons (Fsp3) is 0.333. The average molecular weight is 455 g/mol. The highest BCUT2D eigenvalue weighted by Gasteiger charge is 2.68. The van der Waals surface area contributed by atoms with Crippen molar-refractivity contribution in [3.63, 3.8) is 0 Å². The van der Waals surface area contributed by atoms with Gasteiger partial charge in [-0.3, -0.25) is 23.9 Å². The summed E-state index contributed by atoms with van der Waals surface area (Å²) < 4.78 is 1.52. The maximum atomic E-state index is 13.7.